The summed E-state index contributed by atoms with van der Waals surface area (Å²) in [6.45, 7) is 3.44. The van der Waals surface area contributed by atoms with E-state index in [1.807, 2.05) is 6.92 Å². The van der Waals surface area contributed by atoms with Crippen LogP contribution in [0, 0.1) is 6.92 Å². The summed E-state index contributed by atoms with van der Waals surface area (Å²) in [5.41, 5.74) is 1.90. The number of ketones is 1. The molecule has 1 N–H and O–H groups in total. The third kappa shape index (κ3) is 2.56. The molecule has 0 spiro atoms. The van der Waals surface area contributed by atoms with Crippen LogP contribution in [0.1, 0.15) is 18.1 Å². The highest BCUT2D eigenvalue weighted by atomic mass is 79.9. The third-order valence-electron chi connectivity index (χ3n) is 1.84. The molecule has 0 radical (unpaired) electrons. The van der Waals surface area contributed by atoms with Gasteiger partial charge in [0.1, 0.15) is 11.5 Å². The fourth-order valence-corrected chi connectivity index (χ4v) is 1.56. The average molecular weight is 243 g/mol. The fraction of sp³-hybridized carbons (Fsp3) is 0.300. The second-order valence-electron chi connectivity index (χ2n) is 3.11. The molecule has 1 aromatic carbocycles. The molecule has 0 amide bonds. The Labute approximate surface area is 85.7 Å². The molecule has 1 rings (SSSR count). The number of halogens is 1. The van der Waals surface area contributed by atoms with E-state index in [2.05, 4.69) is 15.9 Å². The normalized spacial score (nSPS) is 10.1. The first-order valence-corrected chi connectivity index (χ1v) is 4.77. The van der Waals surface area contributed by atoms with Crippen molar-refractivity contribution in [2.45, 2.75) is 20.3 Å². The maximum Gasteiger partial charge on any atom is 0.134 e. The van der Waals surface area contributed by atoms with Gasteiger partial charge in [-0.2, -0.15) is 0 Å². The van der Waals surface area contributed by atoms with Gasteiger partial charge in [-0.15, -0.1) is 0 Å². The number of hydrogen-bond acceptors (Lipinski definition) is 2. The Morgan fingerprint density at radius 3 is 2.69 bits per heavy atom. The second-order valence-corrected chi connectivity index (χ2v) is 3.96. The minimum Gasteiger partial charge on any atom is -0.507 e. The monoisotopic (exact) mass is 242 g/mol. The van der Waals surface area contributed by atoms with Crippen LogP contribution in [0.5, 0.6) is 5.75 Å². The Morgan fingerprint density at radius 2 is 2.15 bits per heavy atom. The van der Waals surface area contributed by atoms with Crippen LogP contribution in [0.25, 0.3) is 0 Å². The topological polar surface area (TPSA) is 37.3 Å². The molecule has 0 heterocycles. The molecule has 0 aliphatic carbocycles. The van der Waals surface area contributed by atoms with Crippen LogP contribution >= 0.6 is 15.9 Å². The van der Waals surface area contributed by atoms with Crippen LogP contribution in [0.15, 0.2) is 16.6 Å². The number of aromatic hydroxyl groups is 1. The van der Waals surface area contributed by atoms with Crippen LogP contribution < -0.4 is 0 Å². The van der Waals surface area contributed by atoms with E-state index < -0.39 is 0 Å². The molecule has 0 unspecified atom stereocenters. The van der Waals surface area contributed by atoms with Gasteiger partial charge in [-0.1, -0.05) is 0 Å². The van der Waals surface area contributed by atoms with Gasteiger partial charge >= 0.3 is 0 Å². The lowest BCUT2D eigenvalue weighted by molar-refractivity contribution is -0.116. The van der Waals surface area contributed by atoms with Crippen molar-refractivity contribution in [2.75, 3.05) is 0 Å². The Morgan fingerprint density at radius 1 is 1.54 bits per heavy atom. The Kier molecular flexibility index (Phi) is 3.09. The van der Waals surface area contributed by atoms with Crippen LogP contribution in [-0.2, 0) is 11.2 Å². The summed E-state index contributed by atoms with van der Waals surface area (Å²) in [6, 6.07) is 3.44. The molecule has 0 aromatic heterocycles. The summed E-state index contributed by atoms with van der Waals surface area (Å²) in [5.74, 6) is 0.338. The SMILES string of the molecule is CC(=O)Cc1cc(Br)c(O)cc1C. The molecule has 0 aliphatic heterocycles. The Hall–Kier alpha value is -0.830. The summed E-state index contributed by atoms with van der Waals surface area (Å²) in [4.78, 5) is 10.9. The smallest absolute Gasteiger partial charge is 0.134 e. The van der Waals surface area contributed by atoms with E-state index in [1.54, 1.807) is 19.1 Å². The molecule has 0 saturated carbocycles. The molecule has 0 fully saturated rings. The number of phenolic OH excluding ortho intramolecular Hbond substituents is 1. The van der Waals surface area contributed by atoms with Gasteiger partial charge in [0, 0.05) is 6.42 Å². The number of carbonyl (C=O) groups excluding carboxylic acids is 1. The first-order chi connectivity index (χ1) is 6.00. The summed E-state index contributed by atoms with van der Waals surface area (Å²) in [7, 11) is 0. The van der Waals surface area contributed by atoms with Crippen molar-refractivity contribution in [3.63, 3.8) is 0 Å². The van der Waals surface area contributed by atoms with E-state index in [9.17, 15) is 9.90 Å². The third-order valence-corrected chi connectivity index (χ3v) is 2.48. The highest BCUT2D eigenvalue weighted by molar-refractivity contribution is 9.10. The van der Waals surface area contributed by atoms with E-state index in [1.165, 1.54) is 0 Å². The number of hydrogen-bond donors (Lipinski definition) is 1. The largest absolute Gasteiger partial charge is 0.507 e. The predicted molar refractivity (Wildman–Crippen MR) is 54.9 cm³/mol. The van der Waals surface area contributed by atoms with Crippen molar-refractivity contribution < 1.29 is 9.90 Å². The molecule has 2 nitrogen and oxygen atoms in total. The van der Waals surface area contributed by atoms with Gasteiger partial charge in [-0.25, -0.2) is 0 Å². The van der Waals surface area contributed by atoms with Crippen molar-refractivity contribution in [1.82, 2.24) is 0 Å². The highest BCUT2D eigenvalue weighted by Crippen LogP contribution is 2.27. The van der Waals surface area contributed by atoms with Gasteiger partial charge in [0.25, 0.3) is 0 Å². The fourth-order valence-electron chi connectivity index (χ4n) is 1.17. The molecule has 3 heteroatoms. The van der Waals surface area contributed by atoms with Gasteiger partial charge in [-0.05, 0) is 53.0 Å². The van der Waals surface area contributed by atoms with Gasteiger partial charge in [-0.3, -0.25) is 4.79 Å². The van der Waals surface area contributed by atoms with Crippen molar-refractivity contribution in [3.8, 4) is 5.75 Å². The van der Waals surface area contributed by atoms with E-state index in [0.717, 1.165) is 11.1 Å². The second kappa shape index (κ2) is 3.92. The number of carbonyl (C=O) groups is 1. The van der Waals surface area contributed by atoms with Crippen molar-refractivity contribution >= 4 is 21.7 Å². The molecule has 0 saturated heterocycles. The number of aryl methyl sites for hydroxylation is 1. The van der Waals surface area contributed by atoms with E-state index in [4.69, 9.17) is 0 Å². The molecule has 13 heavy (non-hydrogen) atoms. The van der Waals surface area contributed by atoms with Gasteiger partial charge in [0.15, 0.2) is 0 Å². The lowest BCUT2D eigenvalue weighted by Crippen LogP contribution is -1.98. The summed E-state index contributed by atoms with van der Waals surface area (Å²) in [6.07, 6.45) is 0.421. The molecular weight excluding hydrogens is 232 g/mol. The van der Waals surface area contributed by atoms with Crippen LogP contribution in [-0.4, -0.2) is 10.9 Å². The quantitative estimate of drug-likeness (QED) is 0.866. The minimum atomic E-state index is 0.126. The standard InChI is InChI=1S/C10H11BrO2/c1-6-3-10(13)9(11)5-8(6)4-7(2)12/h3,5,13H,4H2,1-2H3. The summed E-state index contributed by atoms with van der Waals surface area (Å²) in [5, 5.41) is 9.33. The van der Waals surface area contributed by atoms with E-state index in [0.29, 0.717) is 10.9 Å². The summed E-state index contributed by atoms with van der Waals surface area (Å²) >= 11 is 3.21. The number of Topliss-reactive ketones (excluding diaryl/α,β-unsaturated/α-hetero) is 1. The maximum absolute atomic E-state index is 10.9. The molecule has 70 valence electrons. The molecule has 0 aliphatic rings. The van der Waals surface area contributed by atoms with Gasteiger partial charge in [0.2, 0.25) is 0 Å². The van der Waals surface area contributed by atoms with Gasteiger partial charge in [0.05, 0.1) is 4.47 Å². The molecular formula is C10H11BrO2. The predicted octanol–water partition coefficient (Wildman–Crippen LogP) is 2.59. The van der Waals surface area contributed by atoms with Crippen LogP contribution in [0.2, 0.25) is 0 Å². The first kappa shape index (κ1) is 10.3. The number of benzene rings is 1. The van der Waals surface area contributed by atoms with Crippen molar-refractivity contribution in [1.29, 1.82) is 0 Å². The van der Waals surface area contributed by atoms with E-state index >= 15 is 0 Å². The lowest BCUT2D eigenvalue weighted by atomic mass is 10.0. The summed E-state index contributed by atoms with van der Waals surface area (Å²) < 4.78 is 0.634. The molecule has 1 aromatic rings. The Bertz CT molecular complexity index is 345. The number of rotatable bonds is 2. The minimum absolute atomic E-state index is 0.126. The van der Waals surface area contributed by atoms with E-state index in [-0.39, 0.29) is 11.5 Å². The van der Waals surface area contributed by atoms with Crippen molar-refractivity contribution in [3.05, 3.63) is 27.7 Å². The van der Waals surface area contributed by atoms with Crippen LogP contribution in [0.3, 0.4) is 0 Å². The van der Waals surface area contributed by atoms with Crippen molar-refractivity contribution in [2.24, 2.45) is 0 Å². The zero-order chi connectivity index (χ0) is 10.0. The van der Waals surface area contributed by atoms with Gasteiger partial charge < -0.3 is 5.11 Å². The molecule has 0 atom stereocenters. The zero-order valence-electron chi connectivity index (χ0n) is 7.60. The molecule has 0 bridgehead atoms. The number of phenols is 1. The Balaban J connectivity index is 3.08. The van der Waals surface area contributed by atoms with Crippen LogP contribution in [0.4, 0.5) is 0 Å². The highest BCUT2D eigenvalue weighted by Gasteiger charge is 2.05. The zero-order valence-corrected chi connectivity index (χ0v) is 9.18. The lowest BCUT2D eigenvalue weighted by Gasteiger charge is -2.05. The maximum atomic E-state index is 10.9. The first-order valence-electron chi connectivity index (χ1n) is 3.98. The average Bonchev–Trinajstić information content (AvgIpc) is 1.99.